The molecule has 0 radical (unpaired) electrons. The maximum atomic E-state index is 12.7. The van der Waals surface area contributed by atoms with Gasteiger partial charge in [0.15, 0.2) is 0 Å². The molecule has 1 amide bonds. The molecule has 1 aromatic heterocycles. The summed E-state index contributed by atoms with van der Waals surface area (Å²) in [5, 5.41) is 6.87. The van der Waals surface area contributed by atoms with Crippen LogP contribution in [0.25, 0.3) is 20.8 Å². The van der Waals surface area contributed by atoms with Crippen LogP contribution in [0.2, 0.25) is 5.02 Å². The molecule has 0 aliphatic heterocycles. The Morgan fingerprint density at radius 3 is 2.71 bits per heavy atom. The number of para-hydroxylation sites is 1. The number of aromatic nitrogens is 1. The number of carbonyl (C=O) groups is 1. The summed E-state index contributed by atoms with van der Waals surface area (Å²) >= 11 is 7.72. The fraction of sp³-hybridized carbons (Fsp3) is 0.0476. The van der Waals surface area contributed by atoms with E-state index in [1.165, 1.54) is 18.2 Å². The third kappa shape index (κ3) is 3.40. The Balaban J connectivity index is 1.69. The van der Waals surface area contributed by atoms with Crippen LogP contribution in [0.1, 0.15) is 15.9 Å². The van der Waals surface area contributed by atoms with Crippen molar-refractivity contribution in [2.75, 3.05) is 5.32 Å². The van der Waals surface area contributed by atoms with Gasteiger partial charge in [-0.2, -0.15) is 0 Å². The first-order valence-electron chi connectivity index (χ1n) is 8.46. The van der Waals surface area contributed by atoms with E-state index < -0.39 is 5.91 Å². The molecule has 138 valence electrons. The van der Waals surface area contributed by atoms with E-state index in [1.54, 1.807) is 11.3 Å². The first-order valence-corrected chi connectivity index (χ1v) is 9.66. The summed E-state index contributed by atoms with van der Waals surface area (Å²) in [6.45, 7) is 1.93. The van der Waals surface area contributed by atoms with Crippen LogP contribution in [-0.4, -0.2) is 10.9 Å². The lowest BCUT2D eigenvalue weighted by Gasteiger charge is -2.12. The van der Waals surface area contributed by atoms with Gasteiger partial charge >= 0.3 is 0 Å². The van der Waals surface area contributed by atoms with E-state index in [9.17, 15) is 9.70 Å². The molecule has 0 atom stereocenters. The number of nitroso groups, excluding NO2 is 1. The van der Waals surface area contributed by atoms with Gasteiger partial charge in [0.1, 0.15) is 10.7 Å². The highest BCUT2D eigenvalue weighted by molar-refractivity contribution is 7.21. The fourth-order valence-corrected chi connectivity index (χ4v) is 4.18. The molecule has 3 aromatic carbocycles. The number of hydrogen-bond donors (Lipinski definition) is 1. The predicted molar refractivity (Wildman–Crippen MR) is 115 cm³/mol. The molecule has 0 saturated carbocycles. The molecule has 1 N–H and O–H groups in total. The number of hydrogen-bond acceptors (Lipinski definition) is 5. The lowest BCUT2D eigenvalue weighted by molar-refractivity contribution is 0.102. The van der Waals surface area contributed by atoms with Gasteiger partial charge in [-0.15, -0.1) is 16.2 Å². The molecular weight excluding hydrogens is 394 g/mol. The van der Waals surface area contributed by atoms with E-state index >= 15 is 0 Å². The number of amides is 1. The summed E-state index contributed by atoms with van der Waals surface area (Å²) in [5.74, 6) is -0.403. The number of nitrogens with zero attached hydrogens (tertiary/aromatic N) is 2. The first-order chi connectivity index (χ1) is 13.6. The average molecular weight is 408 g/mol. The Bertz CT molecular complexity index is 1190. The Labute approximate surface area is 170 Å². The van der Waals surface area contributed by atoms with Crippen molar-refractivity contribution in [1.29, 1.82) is 0 Å². The highest BCUT2D eigenvalue weighted by Crippen LogP contribution is 2.34. The Kier molecular flexibility index (Phi) is 4.90. The minimum Gasteiger partial charge on any atom is -0.322 e. The number of fused-ring (bicyclic) bond motifs is 1. The fourth-order valence-electron chi connectivity index (χ4n) is 2.92. The number of thiazole rings is 1. The van der Waals surface area contributed by atoms with Crippen molar-refractivity contribution in [3.63, 3.8) is 0 Å². The molecule has 7 heteroatoms. The molecule has 4 rings (SSSR count). The summed E-state index contributed by atoms with van der Waals surface area (Å²) < 4.78 is 1.11. The topological polar surface area (TPSA) is 71.4 Å². The number of nitrogens with one attached hydrogen (secondary N) is 1. The van der Waals surface area contributed by atoms with E-state index in [1.807, 2.05) is 49.4 Å². The molecule has 0 aliphatic carbocycles. The predicted octanol–water partition coefficient (Wildman–Crippen LogP) is 6.58. The van der Waals surface area contributed by atoms with Crippen molar-refractivity contribution in [2.45, 2.75) is 6.92 Å². The second kappa shape index (κ2) is 7.50. The molecule has 28 heavy (non-hydrogen) atoms. The molecule has 0 aliphatic rings. The Morgan fingerprint density at radius 2 is 1.93 bits per heavy atom. The number of halogens is 1. The van der Waals surface area contributed by atoms with Gasteiger partial charge in [-0.1, -0.05) is 35.9 Å². The van der Waals surface area contributed by atoms with Gasteiger partial charge in [0.25, 0.3) is 5.91 Å². The molecule has 5 nitrogen and oxygen atoms in total. The summed E-state index contributed by atoms with van der Waals surface area (Å²) in [6, 6.07) is 17.9. The van der Waals surface area contributed by atoms with Crippen LogP contribution in [0.5, 0.6) is 0 Å². The summed E-state index contributed by atoms with van der Waals surface area (Å²) in [4.78, 5) is 28.1. The van der Waals surface area contributed by atoms with Crippen molar-refractivity contribution in [3.8, 4) is 10.6 Å². The normalized spacial score (nSPS) is 10.8. The molecule has 0 unspecified atom stereocenters. The lowest BCUT2D eigenvalue weighted by Crippen LogP contribution is -2.13. The smallest absolute Gasteiger partial charge is 0.257 e. The SMILES string of the molecule is Cc1c(NC(=O)c2cc(N=O)ccc2Cl)cccc1-c1nc2ccccc2s1. The average Bonchev–Trinajstić information content (AvgIpc) is 3.13. The molecule has 4 aromatic rings. The number of anilines is 1. The highest BCUT2D eigenvalue weighted by Gasteiger charge is 2.16. The van der Waals surface area contributed by atoms with E-state index in [0.29, 0.717) is 5.69 Å². The van der Waals surface area contributed by atoms with Gasteiger partial charge in [0.05, 0.1) is 20.8 Å². The van der Waals surface area contributed by atoms with Gasteiger partial charge in [0, 0.05) is 11.3 Å². The van der Waals surface area contributed by atoms with Crippen molar-refractivity contribution >= 4 is 50.4 Å². The molecule has 1 heterocycles. The summed E-state index contributed by atoms with van der Waals surface area (Å²) in [5.41, 5.74) is 3.80. The molecule has 0 bridgehead atoms. The third-order valence-corrected chi connectivity index (χ3v) is 5.81. The monoisotopic (exact) mass is 407 g/mol. The second-order valence-electron chi connectivity index (χ2n) is 6.17. The molecule has 0 saturated heterocycles. The van der Waals surface area contributed by atoms with Gasteiger partial charge < -0.3 is 5.32 Å². The summed E-state index contributed by atoms with van der Waals surface area (Å²) in [6.07, 6.45) is 0. The van der Waals surface area contributed by atoms with E-state index in [-0.39, 0.29) is 16.3 Å². The zero-order chi connectivity index (χ0) is 19.7. The summed E-state index contributed by atoms with van der Waals surface area (Å²) in [7, 11) is 0. The van der Waals surface area contributed by atoms with Gasteiger partial charge in [-0.3, -0.25) is 4.79 Å². The Morgan fingerprint density at radius 1 is 1.11 bits per heavy atom. The largest absolute Gasteiger partial charge is 0.322 e. The van der Waals surface area contributed by atoms with Crippen LogP contribution in [0.3, 0.4) is 0 Å². The zero-order valence-corrected chi connectivity index (χ0v) is 16.3. The maximum Gasteiger partial charge on any atom is 0.257 e. The molecular formula is C21H14ClN3O2S. The van der Waals surface area contributed by atoms with Crippen LogP contribution in [0.15, 0.2) is 65.8 Å². The molecule has 0 fully saturated rings. The van der Waals surface area contributed by atoms with Crippen LogP contribution in [0.4, 0.5) is 11.4 Å². The van der Waals surface area contributed by atoms with Gasteiger partial charge in [0.2, 0.25) is 0 Å². The van der Waals surface area contributed by atoms with Crippen molar-refractivity contribution in [3.05, 3.63) is 81.7 Å². The number of carbonyl (C=O) groups excluding carboxylic acids is 1. The van der Waals surface area contributed by atoms with E-state index in [0.717, 1.165) is 26.4 Å². The first kappa shape index (κ1) is 18.3. The zero-order valence-electron chi connectivity index (χ0n) is 14.8. The van der Waals surface area contributed by atoms with Crippen LogP contribution >= 0.6 is 22.9 Å². The van der Waals surface area contributed by atoms with Crippen LogP contribution < -0.4 is 5.32 Å². The van der Waals surface area contributed by atoms with Crippen LogP contribution in [-0.2, 0) is 0 Å². The maximum absolute atomic E-state index is 12.7. The highest BCUT2D eigenvalue weighted by atomic mass is 35.5. The van der Waals surface area contributed by atoms with Gasteiger partial charge in [-0.25, -0.2) is 4.98 Å². The van der Waals surface area contributed by atoms with Gasteiger partial charge in [-0.05, 0) is 54.1 Å². The number of benzene rings is 3. The number of rotatable bonds is 4. The van der Waals surface area contributed by atoms with Crippen LogP contribution in [0, 0.1) is 11.8 Å². The lowest BCUT2D eigenvalue weighted by atomic mass is 10.1. The quantitative estimate of drug-likeness (QED) is 0.388. The van der Waals surface area contributed by atoms with Crippen molar-refractivity contribution in [1.82, 2.24) is 4.98 Å². The van der Waals surface area contributed by atoms with E-state index in [2.05, 4.69) is 10.5 Å². The van der Waals surface area contributed by atoms with E-state index in [4.69, 9.17) is 16.6 Å². The van der Waals surface area contributed by atoms with Crippen molar-refractivity contribution in [2.24, 2.45) is 5.18 Å². The minimum atomic E-state index is -0.403. The minimum absolute atomic E-state index is 0.148. The standard InChI is InChI=1S/C21H14ClN3O2S/c1-12-14(21-24-18-6-2-3-8-19(18)28-21)5-4-7-17(12)23-20(26)15-11-13(25-27)9-10-16(15)22/h2-11H,1H3,(H,23,26). The molecule has 0 spiro atoms. The third-order valence-electron chi connectivity index (χ3n) is 4.41. The second-order valence-corrected chi connectivity index (χ2v) is 7.61. The van der Waals surface area contributed by atoms with Crippen molar-refractivity contribution < 1.29 is 4.79 Å². The Hall–Kier alpha value is -3.09.